The molecule has 0 bridgehead atoms. The third kappa shape index (κ3) is 2.74. The molecular formula is C9H15N3O3. The van der Waals surface area contributed by atoms with Crippen molar-refractivity contribution in [1.82, 2.24) is 9.91 Å². The molecule has 1 heterocycles. The molecular weight excluding hydrogens is 198 g/mol. The lowest BCUT2D eigenvalue weighted by Gasteiger charge is -2.12. The van der Waals surface area contributed by atoms with Gasteiger partial charge in [0, 0.05) is 6.54 Å². The molecule has 84 valence electrons. The SMILES string of the molecule is CCCCCCN1C(=O)CN(N=O)C1=O. The zero-order valence-corrected chi connectivity index (χ0v) is 8.81. The van der Waals surface area contributed by atoms with Crippen molar-refractivity contribution in [3.63, 3.8) is 0 Å². The second kappa shape index (κ2) is 5.43. The Bertz CT molecular complexity index is 267. The largest absolute Gasteiger partial charge is 0.350 e. The summed E-state index contributed by atoms with van der Waals surface area (Å²) < 4.78 is 0. The van der Waals surface area contributed by atoms with Crippen LogP contribution in [0.25, 0.3) is 0 Å². The highest BCUT2D eigenvalue weighted by Crippen LogP contribution is 2.12. The van der Waals surface area contributed by atoms with Crippen LogP contribution in [0.2, 0.25) is 0 Å². The first-order valence-corrected chi connectivity index (χ1v) is 5.15. The number of hydrogen-bond donors (Lipinski definition) is 0. The van der Waals surface area contributed by atoms with E-state index in [1.807, 2.05) is 0 Å². The Morgan fingerprint density at radius 3 is 2.53 bits per heavy atom. The highest BCUT2D eigenvalue weighted by Gasteiger charge is 2.36. The molecule has 15 heavy (non-hydrogen) atoms. The summed E-state index contributed by atoms with van der Waals surface area (Å²) in [7, 11) is 0. The first-order valence-electron chi connectivity index (χ1n) is 5.15. The van der Waals surface area contributed by atoms with Crippen LogP contribution >= 0.6 is 0 Å². The van der Waals surface area contributed by atoms with E-state index in [0.717, 1.165) is 30.6 Å². The maximum absolute atomic E-state index is 11.3. The number of hydrogen-bond acceptors (Lipinski definition) is 4. The van der Waals surface area contributed by atoms with Crippen molar-refractivity contribution < 1.29 is 9.59 Å². The summed E-state index contributed by atoms with van der Waals surface area (Å²) >= 11 is 0. The molecule has 6 heteroatoms. The molecule has 3 amide bonds. The first kappa shape index (κ1) is 11.6. The van der Waals surface area contributed by atoms with Gasteiger partial charge in [-0.2, -0.15) is 5.01 Å². The van der Waals surface area contributed by atoms with Crippen LogP contribution in [0.3, 0.4) is 0 Å². The second-order valence-electron chi connectivity index (χ2n) is 3.53. The second-order valence-corrected chi connectivity index (χ2v) is 3.53. The van der Waals surface area contributed by atoms with Crippen LogP contribution in [0.5, 0.6) is 0 Å². The summed E-state index contributed by atoms with van der Waals surface area (Å²) in [5.74, 6) is -0.337. The van der Waals surface area contributed by atoms with E-state index in [-0.39, 0.29) is 12.5 Å². The minimum Gasteiger partial charge on any atom is -0.272 e. The number of imide groups is 1. The summed E-state index contributed by atoms with van der Waals surface area (Å²) in [6.45, 7) is 2.27. The number of unbranched alkanes of at least 4 members (excludes halogenated alkanes) is 3. The molecule has 0 radical (unpaired) electrons. The first-order chi connectivity index (χ1) is 7.20. The number of nitroso groups, excluding NO2 is 1. The molecule has 0 spiro atoms. The number of urea groups is 1. The van der Waals surface area contributed by atoms with Crippen LogP contribution in [0.4, 0.5) is 4.79 Å². The van der Waals surface area contributed by atoms with Gasteiger partial charge >= 0.3 is 6.03 Å². The van der Waals surface area contributed by atoms with E-state index in [1.165, 1.54) is 0 Å². The summed E-state index contributed by atoms with van der Waals surface area (Å²) in [5, 5.41) is 3.14. The lowest BCUT2D eigenvalue weighted by Crippen LogP contribution is -2.32. The summed E-state index contributed by atoms with van der Waals surface area (Å²) in [6.07, 6.45) is 3.97. The fourth-order valence-electron chi connectivity index (χ4n) is 1.51. The fourth-order valence-corrected chi connectivity index (χ4v) is 1.51. The van der Waals surface area contributed by atoms with Gasteiger partial charge in [-0.05, 0) is 6.42 Å². The van der Waals surface area contributed by atoms with Crippen molar-refractivity contribution in [2.24, 2.45) is 5.29 Å². The van der Waals surface area contributed by atoms with E-state index >= 15 is 0 Å². The third-order valence-electron chi connectivity index (χ3n) is 2.37. The smallest absolute Gasteiger partial charge is 0.272 e. The monoisotopic (exact) mass is 213 g/mol. The summed E-state index contributed by atoms with van der Waals surface area (Å²) in [4.78, 5) is 33.9. The molecule has 1 saturated heterocycles. The normalized spacial score (nSPS) is 16.3. The maximum Gasteiger partial charge on any atom is 0.350 e. The van der Waals surface area contributed by atoms with Crippen LogP contribution in [0, 0.1) is 4.91 Å². The molecule has 0 aliphatic carbocycles. The lowest BCUT2D eigenvalue weighted by molar-refractivity contribution is -0.125. The van der Waals surface area contributed by atoms with Gasteiger partial charge in [0.15, 0.2) is 0 Å². The Labute approximate surface area is 88.2 Å². The van der Waals surface area contributed by atoms with E-state index in [9.17, 15) is 14.5 Å². The fraction of sp³-hybridized carbons (Fsp3) is 0.778. The van der Waals surface area contributed by atoms with Crippen LogP contribution in [0.1, 0.15) is 32.6 Å². The van der Waals surface area contributed by atoms with Gasteiger partial charge in [0.25, 0.3) is 5.91 Å². The van der Waals surface area contributed by atoms with E-state index in [4.69, 9.17) is 0 Å². The molecule has 0 unspecified atom stereocenters. The zero-order valence-electron chi connectivity index (χ0n) is 8.81. The van der Waals surface area contributed by atoms with Crippen LogP contribution in [0.15, 0.2) is 5.29 Å². The van der Waals surface area contributed by atoms with E-state index < -0.39 is 6.03 Å². The maximum atomic E-state index is 11.3. The number of nitrogens with zero attached hydrogens (tertiary/aromatic N) is 3. The Balaban J connectivity index is 2.38. The van der Waals surface area contributed by atoms with Crippen molar-refractivity contribution in [2.45, 2.75) is 32.6 Å². The van der Waals surface area contributed by atoms with Gasteiger partial charge in [0.05, 0.1) is 5.29 Å². The Morgan fingerprint density at radius 1 is 1.27 bits per heavy atom. The average molecular weight is 213 g/mol. The van der Waals surface area contributed by atoms with Crippen LogP contribution < -0.4 is 0 Å². The minimum atomic E-state index is -0.591. The standard InChI is InChI=1S/C9H15N3O3/c1-2-3-4-5-6-11-8(13)7-12(10-15)9(11)14/h2-7H2,1H3. The highest BCUT2D eigenvalue weighted by atomic mass is 16.3. The average Bonchev–Trinajstić information content (AvgIpc) is 2.50. The molecule has 0 aromatic rings. The van der Waals surface area contributed by atoms with Gasteiger partial charge in [-0.25, -0.2) is 4.79 Å². The van der Waals surface area contributed by atoms with Gasteiger partial charge in [-0.3, -0.25) is 9.69 Å². The minimum absolute atomic E-state index is 0.212. The molecule has 0 aromatic heterocycles. The zero-order chi connectivity index (χ0) is 11.3. The van der Waals surface area contributed by atoms with Crippen molar-refractivity contribution in [1.29, 1.82) is 0 Å². The molecule has 1 aliphatic heterocycles. The van der Waals surface area contributed by atoms with Gasteiger partial charge in [-0.15, -0.1) is 4.91 Å². The number of carbonyl (C=O) groups excluding carboxylic acids is 2. The predicted octanol–water partition coefficient (Wildman–Crippen LogP) is 1.51. The van der Waals surface area contributed by atoms with Crippen molar-refractivity contribution in [3.8, 4) is 0 Å². The van der Waals surface area contributed by atoms with E-state index in [2.05, 4.69) is 12.2 Å². The highest BCUT2D eigenvalue weighted by molar-refractivity contribution is 6.01. The molecule has 1 fully saturated rings. The van der Waals surface area contributed by atoms with Crippen LogP contribution in [-0.2, 0) is 4.79 Å². The number of rotatable bonds is 6. The van der Waals surface area contributed by atoms with Crippen molar-refractivity contribution >= 4 is 11.9 Å². The third-order valence-corrected chi connectivity index (χ3v) is 2.37. The summed E-state index contributed by atoms with van der Waals surface area (Å²) in [5.41, 5.74) is 0. The lowest BCUT2D eigenvalue weighted by atomic mass is 10.2. The Morgan fingerprint density at radius 2 is 2.00 bits per heavy atom. The molecule has 0 atom stereocenters. The predicted molar refractivity (Wildman–Crippen MR) is 53.8 cm³/mol. The summed E-state index contributed by atoms with van der Waals surface area (Å²) in [6, 6.07) is -0.591. The Kier molecular flexibility index (Phi) is 4.20. The van der Waals surface area contributed by atoms with Crippen molar-refractivity contribution in [3.05, 3.63) is 4.91 Å². The van der Waals surface area contributed by atoms with Gasteiger partial charge in [0.1, 0.15) is 6.54 Å². The van der Waals surface area contributed by atoms with Gasteiger partial charge < -0.3 is 0 Å². The quantitative estimate of drug-likeness (QED) is 0.381. The van der Waals surface area contributed by atoms with Gasteiger partial charge in [-0.1, -0.05) is 26.2 Å². The van der Waals surface area contributed by atoms with Crippen molar-refractivity contribution in [2.75, 3.05) is 13.1 Å². The Hall–Kier alpha value is -1.46. The van der Waals surface area contributed by atoms with E-state index in [0.29, 0.717) is 11.6 Å². The van der Waals surface area contributed by atoms with E-state index in [1.54, 1.807) is 0 Å². The molecule has 1 aliphatic rings. The number of carbonyl (C=O) groups is 2. The molecule has 0 N–H and O–H groups in total. The molecule has 0 aromatic carbocycles. The van der Waals surface area contributed by atoms with Crippen LogP contribution in [-0.4, -0.2) is 34.9 Å². The number of amides is 3. The molecule has 6 nitrogen and oxygen atoms in total. The molecule has 1 rings (SSSR count). The van der Waals surface area contributed by atoms with Gasteiger partial charge in [0.2, 0.25) is 0 Å². The topological polar surface area (TPSA) is 70.1 Å². The molecule has 0 saturated carbocycles.